The van der Waals surface area contributed by atoms with E-state index in [1.165, 1.54) is 75.9 Å². The maximum atomic E-state index is 13.3. The molecule has 0 radical (unpaired) electrons. The first-order chi connectivity index (χ1) is 21.6. The van der Waals surface area contributed by atoms with Gasteiger partial charge in [-0.15, -0.1) is 0 Å². The molecule has 0 spiro atoms. The minimum atomic E-state index is -0.680. The van der Waals surface area contributed by atoms with Crippen LogP contribution in [0.4, 0.5) is 17.1 Å². The molecule has 4 aromatic rings. The first-order valence-corrected chi connectivity index (χ1v) is 13.3. The molecular weight excluding hydrogens is 582 g/mol. The van der Waals surface area contributed by atoms with E-state index in [0.717, 1.165) is 0 Å². The van der Waals surface area contributed by atoms with E-state index in [9.17, 15) is 28.8 Å². The van der Waals surface area contributed by atoms with Gasteiger partial charge in [0.1, 0.15) is 0 Å². The number of hydrogen-bond acceptors (Lipinski definition) is 9. The lowest BCUT2D eigenvalue weighted by atomic mass is 10.0. The summed E-state index contributed by atoms with van der Waals surface area (Å²) in [6.07, 6.45) is 0. The van der Waals surface area contributed by atoms with E-state index in [1.54, 1.807) is 36.4 Å². The van der Waals surface area contributed by atoms with Gasteiger partial charge in [0.25, 0.3) is 17.7 Å². The van der Waals surface area contributed by atoms with E-state index in [4.69, 9.17) is 14.2 Å². The van der Waals surface area contributed by atoms with Crippen molar-refractivity contribution in [1.29, 1.82) is 0 Å². The molecule has 0 atom stereocenters. The third kappa shape index (κ3) is 7.96. The molecule has 45 heavy (non-hydrogen) atoms. The second-order valence-corrected chi connectivity index (χ2v) is 9.38. The maximum absolute atomic E-state index is 13.3. The molecule has 0 aliphatic carbocycles. The SMILES string of the molecule is COC(=O)c1cccc(NC(=O)c2cc(C(=O)Nc3cccc(C(=O)OC)c3)cc(C(=O)Nc3cccc(C(=O)OC)c3)c2)c1. The van der Waals surface area contributed by atoms with Crippen LogP contribution in [-0.2, 0) is 14.2 Å². The van der Waals surface area contributed by atoms with E-state index in [-0.39, 0.29) is 50.4 Å². The number of ether oxygens (including phenoxy) is 3. The monoisotopic (exact) mass is 609 g/mol. The third-order valence-electron chi connectivity index (χ3n) is 6.34. The third-order valence-corrected chi connectivity index (χ3v) is 6.34. The molecule has 228 valence electrons. The fourth-order valence-electron chi connectivity index (χ4n) is 4.16. The Kier molecular flexibility index (Phi) is 10.0. The zero-order valence-electron chi connectivity index (χ0n) is 24.3. The van der Waals surface area contributed by atoms with Crippen molar-refractivity contribution in [2.75, 3.05) is 37.3 Å². The lowest BCUT2D eigenvalue weighted by Gasteiger charge is -2.12. The van der Waals surface area contributed by atoms with Crippen molar-refractivity contribution in [1.82, 2.24) is 0 Å². The first kappa shape index (κ1) is 31.6. The van der Waals surface area contributed by atoms with Crippen LogP contribution < -0.4 is 16.0 Å². The summed E-state index contributed by atoms with van der Waals surface area (Å²) in [7, 11) is 3.69. The fraction of sp³-hybridized carbons (Fsp3) is 0.0909. The standard InChI is InChI=1S/C33H27N3O9/c1-43-31(40)19-7-4-10-25(16-19)34-28(37)22-13-23(29(38)35-26-11-5-8-20(17-26)32(41)44-2)15-24(14-22)30(39)36-27-12-6-9-21(18-27)33(42)45-3/h4-18H,1-3H3,(H,34,37)(H,35,38)(H,36,39). The van der Waals surface area contributed by atoms with Gasteiger partial charge in [0.15, 0.2) is 0 Å². The molecule has 4 rings (SSSR count). The zero-order chi connectivity index (χ0) is 32.5. The van der Waals surface area contributed by atoms with Crippen molar-refractivity contribution in [3.63, 3.8) is 0 Å². The fourth-order valence-corrected chi connectivity index (χ4v) is 4.16. The summed E-state index contributed by atoms with van der Waals surface area (Å²) in [5.74, 6) is -3.84. The van der Waals surface area contributed by atoms with Crippen LogP contribution in [0.15, 0.2) is 91.0 Å². The Bertz CT molecular complexity index is 1600. The molecule has 0 aromatic heterocycles. The maximum Gasteiger partial charge on any atom is 0.337 e. The number of esters is 3. The van der Waals surface area contributed by atoms with Gasteiger partial charge in [-0.2, -0.15) is 0 Å². The van der Waals surface area contributed by atoms with Crippen molar-refractivity contribution in [2.24, 2.45) is 0 Å². The molecule has 0 unspecified atom stereocenters. The van der Waals surface area contributed by atoms with Gasteiger partial charge in [-0.25, -0.2) is 14.4 Å². The molecule has 0 heterocycles. The Morgan fingerprint density at radius 1 is 0.400 bits per heavy atom. The number of carbonyl (C=O) groups excluding carboxylic acids is 6. The predicted molar refractivity (Wildman–Crippen MR) is 164 cm³/mol. The minimum absolute atomic E-state index is 0.0529. The second kappa shape index (κ2) is 14.2. The molecule has 3 N–H and O–H groups in total. The van der Waals surface area contributed by atoms with Gasteiger partial charge in [0, 0.05) is 33.8 Å². The Morgan fingerprint density at radius 3 is 0.911 bits per heavy atom. The van der Waals surface area contributed by atoms with Crippen LogP contribution in [0.2, 0.25) is 0 Å². The van der Waals surface area contributed by atoms with Crippen LogP contribution in [-0.4, -0.2) is 57.0 Å². The summed E-state index contributed by atoms with van der Waals surface area (Å²) >= 11 is 0. The molecule has 0 bridgehead atoms. The molecule has 0 fully saturated rings. The molecule has 12 heteroatoms. The average molecular weight is 610 g/mol. The summed E-state index contributed by atoms with van der Waals surface area (Å²) in [4.78, 5) is 75.8. The summed E-state index contributed by atoms with van der Waals surface area (Å²) in [6.45, 7) is 0. The number of hydrogen-bond donors (Lipinski definition) is 3. The van der Waals surface area contributed by atoms with Gasteiger partial charge in [-0.3, -0.25) is 14.4 Å². The molecule has 0 saturated heterocycles. The van der Waals surface area contributed by atoms with Gasteiger partial charge >= 0.3 is 17.9 Å². The van der Waals surface area contributed by atoms with E-state index in [0.29, 0.717) is 0 Å². The van der Waals surface area contributed by atoms with E-state index in [1.807, 2.05) is 0 Å². The highest BCUT2D eigenvalue weighted by molar-refractivity contribution is 6.13. The summed E-state index contributed by atoms with van der Waals surface area (Å²) in [5, 5.41) is 7.95. The van der Waals surface area contributed by atoms with Crippen LogP contribution >= 0.6 is 0 Å². The van der Waals surface area contributed by atoms with Crippen LogP contribution in [0, 0.1) is 0 Å². The van der Waals surface area contributed by atoms with Crippen LogP contribution in [0.5, 0.6) is 0 Å². The topological polar surface area (TPSA) is 166 Å². The summed E-state index contributed by atoms with van der Waals surface area (Å²) in [5.41, 5.74) is 1.24. The molecule has 0 saturated carbocycles. The number of carbonyl (C=O) groups is 6. The highest BCUT2D eigenvalue weighted by Crippen LogP contribution is 2.20. The normalized spacial score (nSPS) is 10.2. The van der Waals surface area contributed by atoms with Crippen molar-refractivity contribution < 1.29 is 43.0 Å². The quantitative estimate of drug-likeness (QED) is 0.178. The van der Waals surface area contributed by atoms with E-state index < -0.39 is 35.6 Å². The number of nitrogens with one attached hydrogen (secondary N) is 3. The van der Waals surface area contributed by atoms with E-state index in [2.05, 4.69) is 16.0 Å². The van der Waals surface area contributed by atoms with Crippen molar-refractivity contribution in [3.05, 3.63) is 124 Å². The Balaban J connectivity index is 1.68. The van der Waals surface area contributed by atoms with Crippen LogP contribution in [0.25, 0.3) is 0 Å². The molecule has 12 nitrogen and oxygen atoms in total. The highest BCUT2D eigenvalue weighted by Gasteiger charge is 2.19. The number of rotatable bonds is 9. The second-order valence-electron chi connectivity index (χ2n) is 9.38. The Labute approximate surface area is 257 Å². The van der Waals surface area contributed by atoms with Gasteiger partial charge in [0.2, 0.25) is 0 Å². The average Bonchev–Trinajstić information content (AvgIpc) is 3.07. The van der Waals surface area contributed by atoms with Crippen molar-refractivity contribution >= 4 is 52.7 Å². The smallest absolute Gasteiger partial charge is 0.337 e. The molecule has 0 aliphatic rings. The lowest BCUT2D eigenvalue weighted by molar-refractivity contribution is 0.0592. The van der Waals surface area contributed by atoms with Gasteiger partial charge < -0.3 is 30.2 Å². The van der Waals surface area contributed by atoms with Crippen LogP contribution in [0.1, 0.15) is 62.1 Å². The van der Waals surface area contributed by atoms with E-state index >= 15 is 0 Å². The number of benzene rings is 4. The largest absolute Gasteiger partial charge is 0.465 e. The summed E-state index contributed by atoms with van der Waals surface area (Å²) in [6, 6.07) is 21.9. The molecule has 4 aromatic carbocycles. The highest BCUT2D eigenvalue weighted by atomic mass is 16.5. The number of amides is 3. The Hall–Kier alpha value is -6.30. The van der Waals surface area contributed by atoms with Gasteiger partial charge in [0.05, 0.1) is 38.0 Å². The lowest BCUT2D eigenvalue weighted by Crippen LogP contribution is -2.19. The summed E-state index contributed by atoms with van der Waals surface area (Å²) < 4.78 is 14.2. The van der Waals surface area contributed by atoms with Crippen molar-refractivity contribution in [2.45, 2.75) is 0 Å². The zero-order valence-corrected chi connectivity index (χ0v) is 24.3. The first-order valence-electron chi connectivity index (χ1n) is 13.3. The van der Waals surface area contributed by atoms with Gasteiger partial charge in [-0.1, -0.05) is 18.2 Å². The number of anilines is 3. The predicted octanol–water partition coefficient (Wildman–Crippen LogP) is 4.80. The van der Waals surface area contributed by atoms with Crippen molar-refractivity contribution in [3.8, 4) is 0 Å². The number of methoxy groups -OCH3 is 3. The Morgan fingerprint density at radius 2 is 0.667 bits per heavy atom. The molecule has 0 aliphatic heterocycles. The van der Waals surface area contributed by atoms with Gasteiger partial charge in [-0.05, 0) is 72.8 Å². The molecular formula is C33H27N3O9. The van der Waals surface area contributed by atoms with Crippen LogP contribution in [0.3, 0.4) is 0 Å². The minimum Gasteiger partial charge on any atom is -0.465 e. The molecule has 3 amide bonds.